The van der Waals surface area contributed by atoms with E-state index in [0.29, 0.717) is 13.2 Å². The third-order valence-corrected chi connectivity index (χ3v) is 4.23. The summed E-state index contributed by atoms with van der Waals surface area (Å²) in [7, 11) is 0. The summed E-state index contributed by atoms with van der Waals surface area (Å²) in [5.74, 6) is 0.849. The zero-order chi connectivity index (χ0) is 15.0. The first-order valence-corrected chi connectivity index (χ1v) is 7.50. The molecule has 2 amide bonds. The van der Waals surface area contributed by atoms with Crippen LogP contribution in [0.15, 0.2) is 24.3 Å². The molecule has 1 aromatic carbocycles. The molecule has 112 valence electrons. The minimum Gasteiger partial charge on any atom is -0.494 e. The van der Waals surface area contributed by atoms with E-state index < -0.39 is 6.04 Å². The highest BCUT2D eigenvalue weighted by Gasteiger charge is 2.46. The molecule has 5 heteroatoms. The quantitative estimate of drug-likeness (QED) is 0.852. The van der Waals surface area contributed by atoms with E-state index in [1.807, 2.05) is 31.2 Å². The van der Waals surface area contributed by atoms with Crippen LogP contribution < -0.4 is 9.64 Å². The van der Waals surface area contributed by atoms with Crippen LogP contribution in [0.25, 0.3) is 0 Å². The zero-order valence-electron chi connectivity index (χ0n) is 12.4. The Bertz CT molecular complexity index is 555. The molecule has 0 bridgehead atoms. The molecule has 3 rings (SSSR count). The summed E-state index contributed by atoms with van der Waals surface area (Å²) in [6.45, 7) is 5.04. The summed E-state index contributed by atoms with van der Waals surface area (Å²) < 4.78 is 5.41. The third-order valence-electron chi connectivity index (χ3n) is 4.23. The fourth-order valence-electron chi connectivity index (χ4n) is 3.21. The number of fused-ring (bicyclic) bond motifs is 1. The minimum absolute atomic E-state index is 0.0313. The molecule has 2 heterocycles. The molecule has 0 aliphatic carbocycles. The number of rotatable bonds is 3. The van der Waals surface area contributed by atoms with E-state index in [9.17, 15) is 9.59 Å². The Morgan fingerprint density at radius 2 is 1.90 bits per heavy atom. The van der Waals surface area contributed by atoms with Gasteiger partial charge in [0.25, 0.3) is 5.91 Å². The molecule has 1 aromatic rings. The number of carbonyl (C=O) groups excluding carboxylic acids is 2. The van der Waals surface area contributed by atoms with Crippen LogP contribution in [0, 0.1) is 0 Å². The van der Waals surface area contributed by atoms with Crippen molar-refractivity contribution in [2.24, 2.45) is 0 Å². The van der Waals surface area contributed by atoms with Crippen LogP contribution in [0.3, 0.4) is 0 Å². The van der Waals surface area contributed by atoms with Crippen molar-refractivity contribution in [3.63, 3.8) is 0 Å². The second kappa shape index (κ2) is 5.39. The molecule has 2 saturated heterocycles. The van der Waals surface area contributed by atoms with Gasteiger partial charge in [0.1, 0.15) is 17.8 Å². The maximum Gasteiger partial charge on any atom is 0.250 e. The van der Waals surface area contributed by atoms with Gasteiger partial charge in [0.2, 0.25) is 5.91 Å². The van der Waals surface area contributed by atoms with E-state index in [-0.39, 0.29) is 17.9 Å². The number of ether oxygens (including phenoxy) is 1. The highest BCUT2D eigenvalue weighted by molar-refractivity contribution is 6.08. The normalized spacial score (nSPS) is 25.2. The van der Waals surface area contributed by atoms with Crippen molar-refractivity contribution in [1.29, 1.82) is 0 Å². The van der Waals surface area contributed by atoms with Gasteiger partial charge < -0.3 is 9.64 Å². The number of anilines is 1. The molecule has 0 N–H and O–H groups in total. The summed E-state index contributed by atoms with van der Waals surface area (Å²) in [4.78, 5) is 28.5. The van der Waals surface area contributed by atoms with Gasteiger partial charge in [-0.05, 0) is 51.0 Å². The SMILES string of the molecule is CCOc1ccc(N2C(=O)C3CCCN3C(=O)C2C)cc1. The summed E-state index contributed by atoms with van der Waals surface area (Å²) in [6.07, 6.45) is 1.68. The van der Waals surface area contributed by atoms with Gasteiger partial charge in [0.15, 0.2) is 0 Å². The van der Waals surface area contributed by atoms with Crippen molar-refractivity contribution in [2.45, 2.75) is 38.8 Å². The Labute approximate surface area is 124 Å². The molecule has 0 radical (unpaired) electrons. The van der Waals surface area contributed by atoms with Crippen molar-refractivity contribution in [1.82, 2.24) is 4.90 Å². The Hall–Kier alpha value is -2.04. The number of carbonyl (C=O) groups is 2. The van der Waals surface area contributed by atoms with Gasteiger partial charge in [0, 0.05) is 12.2 Å². The summed E-state index contributed by atoms with van der Waals surface area (Å²) in [6, 6.07) is 6.65. The summed E-state index contributed by atoms with van der Waals surface area (Å²) >= 11 is 0. The monoisotopic (exact) mass is 288 g/mol. The standard InChI is InChI=1S/C16H20N2O3/c1-3-21-13-8-6-12(7-9-13)18-11(2)15(19)17-10-4-5-14(17)16(18)20/h6-9,11,14H,3-5,10H2,1-2H3. The predicted molar refractivity (Wildman–Crippen MR) is 79.3 cm³/mol. The Morgan fingerprint density at radius 1 is 1.19 bits per heavy atom. The van der Waals surface area contributed by atoms with Crippen molar-refractivity contribution in [3.8, 4) is 5.75 Å². The highest BCUT2D eigenvalue weighted by atomic mass is 16.5. The van der Waals surface area contributed by atoms with Crippen LogP contribution in [0.1, 0.15) is 26.7 Å². The maximum atomic E-state index is 12.7. The van der Waals surface area contributed by atoms with Crippen molar-refractivity contribution < 1.29 is 14.3 Å². The van der Waals surface area contributed by atoms with Crippen molar-refractivity contribution in [2.75, 3.05) is 18.1 Å². The van der Waals surface area contributed by atoms with Crippen LogP contribution in [0.5, 0.6) is 5.75 Å². The van der Waals surface area contributed by atoms with E-state index in [4.69, 9.17) is 4.74 Å². The first-order valence-electron chi connectivity index (χ1n) is 7.50. The third kappa shape index (κ3) is 2.26. The van der Waals surface area contributed by atoms with Crippen LogP contribution in [0.4, 0.5) is 5.69 Å². The largest absolute Gasteiger partial charge is 0.494 e. The lowest BCUT2D eigenvalue weighted by atomic mass is 10.1. The number of benzene rings is 1. The van der Waals surface area contributed by atoms with Crippen LogP contribution in [-0.2, 0) is 9.59 Å². The summed E-state index contributed by atoms with van der Waals surface area (Å²) in [5, 5.41) is 0. The molecule has 5 nitrogen and oxygen atoms in total. The zero-order valence-corrected chi connectivity index (χ0v) is 12.4. The number of amides is 2. The molecular formula is C16H20N2O3. The van der Waals surface area contributed by atoms with Crippen molar-refractivity contribution >= 4 is 17.5 Å². The first-order chi connectivity index (χ1) is 10.1. The summed E-state index contributed by atoms with van der Waals surface area (Å²) in [5.41, 5.74) is 0.760. The molecule has 2 unspecified atom stereocenters. The lowest BCUT2D eigenvalue weighted by Gasteiger charge is -2.40. The molecule has 0 aromatic heterocycles. The number of piperazine rings is 1. The number of nitrogens with zero attached hydrogens (tertiary/aromatic N) is 2. The van der Waals surface area contributed by atoms with Crippen LogP contribution >= 0.6 is 0 Å². The molecule has 0 spiro atoms. The van der Waals surface area contributed by atoms with Gasteiger partial charge in [-0.2, -0.15) is 0 Å². The Balaban J connectivity index is 1.89. The first kappa shape index (κ1) is 13.9. The number of hydrogen-bond donors (Lipinski definition) is 0. The van der Waals surface area contributed by atoms with Crippen LogP contribution in [-0.4, -0.2) is 41.9 Å². The molecule has 2 atom stereocenters. The topological polar surface area (TPSA) is 49.9 Å². The fourth-order valence-corrected chi connectivity index (χ4v) is 3.21. The molecule has 21 heavy (non-hydrogen) atoms. The minimum atomic E-state index is -0.440. The second-order valence-electron chi connectivity index (χ2n) is 5.50. The van der Waals surface area contributed by atoms with Gasteiger partial charge >= 0.3 is 0 Å². The average molecular weight is 288 g/mol. The lowest BCUT2D eigenvalue weighted by molar-refractivity contribution is -0.143. The Morgan fingerprint density at radius 3 is 2.57 bits per heavy atom. The van der Waals surface area contributed by atoms with Gasteiger partial charge in [-0.1, -0.05) is 0 Å². The van der Waals surface area contributed by atoms with Gasteiger partial charge in [-0.15, -0.1) is 0 Å². The highest BCUT2D eigenvalue weighted by Crippen LogP contribution is 2.31. The van der Waals surface area contributed by atoms with Gasteiger partial charge in [-0.25, -0.2) is 0 Å². The molecule has 2 aliphatic rings. The molecule has 2 aliphatic heterocycles. The van der Waals surface area contributed by atoms with Crippen molar-refractivity contribution in [3.05, 3.63) is 24.3 Å². The lowest BCUT2D eigenvalue weighted by Crippen LogP contribution is -2.62. The smallest absolute Gasteiger partial charge is 0.250 e. The molecular weight excluding hydrogens is 268 g/mol. The Kier molecular flexibility index (Phi) is 3.57. The second-order valence-corrected chi connectivity index (χ2v) is 5.50. The molecule has 0 saturated carbocycles. The average Bonchev–Trinajstić information content (AvgIpc) is 2.97. The molecule has 2 fully saturated rings. The van der Waals surface area contributed by atoms with Gasteiger partial charge in [-0.3, -0.25) is 14.5 Å². The van der Waals surface area contributed by atoms with E-state index in [2.05, 4.69) is 0 Å². The van der Waals surface area contributed by atoms with E-state index in [1.54, 1.807) is 16.7 Å². The fraction of sp³-hybridized carbons (Fsp3) is 0.500. The maximum absolute atomic E-state index is 12.7. The van der Waals surface area contributed by atoms with E-state index in [1.165, 1.54) is 0 Å². The van der Waals surface area contributed by atoms with E-state index >= 15 is 0 Å². The van der Waals surface area contributed by atoms with Gasteiger partial charge in [0.05, 0.1) is 6.61 Å². The van der Waals surface area contributed by atoms with E-state index in [0.717, 1.165) is 24.3 Å². The number of hydrogen-bond acceptors (Lipinski definition) is 3. The van der Waals surface area contributed by atoms with Crippen LogP contribution in [0.2, 0.25) is 0 Å². The predicted octanol–water partition coefficient (Wildman–Crippen LogP) is 1.81.